The van der Waals surface area contributed by atoms with Crippen LogP contribution in [0.1, 0.15) is 5.69 Å². The highest BCUT2D eigenvalue weighted by atomic mass is 31.2. The zero-order chi connectivity index (χ0) is 16.3. The van der Waals surface area contributed by atoms with Crippen LogP contribution in [0.15, 0.2) is 12.5 Å². The molecule has 0 saturated carbocycles. The molecule has 0 saturated heterocycles. The Bertz CT molecular complexity index is 590. The van der Waals surface area contributed by atoms with Crippen molar-refractivity contribution in [3.8, 4) is 0 Å². The SMILES string of the molecule is O=C(O)[C@H](Cc1cn(CP(=O)(O)O)cn1)NCP(=O)(O)O. The predicted molar refractivity (Wildman–Crippen MR) is 69.4 cm³/mol. The maximum atomic E-state index is 11.0. The molecule has 0 radical (unpaired) electrons. The van der Waals surface area contributed by atoms with Gasteiger partial charge in [-0.25, -0.2) is 4.98 Å². The minimum atomic E-state index is -4.39. The molecular formula is C8H15N3O8P2. The Morgan fingerprint density at radius 2 is 1.90 bits per heavy atom. The van der Waals surface area contributed by atoms with Crippen molar-refractivity contribution in [2.24, 2.45) is 0 Å². The van der Waals surface area contributed by atoms with Crippen LogP contribution in [0.5, 0.6) is 0 Å². The van der Waals surface area contributed by atoms with E-state index in [0.29, 0.717) is 0 Å². The zero-order valence-corrected chi connectivity index (χ0v) is 12.4. The van der Waals surface area contributed by atoms with Gasteiger partial charge in [0.1, 0.15) is 12.3 Å². The largest absolute Gasteiger partial charge is 0.480 e. The van der Waals surface area contributed by atoms with Gasteiger partial charge < -0.3 is 29.2 Å². The summed E-state index contributed by atoms with van der Waals surface area (Å²) >= 11 is 0. The van der Waals surface area contributed by atoms with E-state index >= 15 is 0 Å². The van der Waals surface area contributed by atoms with Crippen molar-refractivity contribution in [3.63, 3.8) is 0 Å². The Labute approximate surface area is 119 Å². The van der Waals surface area contributed by atoms with Gasteiger partial charge in [-0.1, -0.05) is 0 Å². The third-order valence-corrected chi connectivity index (χ3v) is 3.58. The van der Waals surface area contributed by atoms with Crippen molar-refractivity contribution in [3.05, 3.63) is 18.2 Å². The van der Waals surface area contributed by atoms with E-state index < -0.39 is 39.8 Å². The third kappa shape index (κ3) is 7.49. The van der Waals surface area contributed by atoms with Crippen LogP contribution < -0.4 is 5.32 Å². The molecule has 21 heavy (non-hydrogen) atoms. The van der Waals surface area contributed by atoms with Crippen LogP contribution in [-0.4, -0.2) is 52.5 Å². The van der Waals surface area contributed by atoms with Crippen LogP contribution in [0.3, 0.4) is 0 Å². The minimum Gasteiger partial charge on any atom is -0.480 e. The number of hydrogen-bond donors (Lipinski definition) is 6. The first-order chi connectivity index (χ1) is 9.46. The number of aliphatic carboxylic acids is 1. The summed E-state index contributed by atoms with van der Waals surface area (Å²) in [6.45, 7) is 0. The molecule has 1 aromatic heterocycles. The summed E-state index contributed by atoms with van der Waals surface area (Å²) in [6, 6.07) is -1.28. The van der Waals surface area contributed by atoms with Gasteiger partial charge in [-0.3, -0.25) is 19.2 Å². The van der Waals surface area contributed by atoms with Gasteiger partial charge in [0.15, 0.2) is 0 Å². The fraction of sp³-hybridized carbons (Fsp3) is 0.500. The Hall–Kier alpha value is -1.06. The average Bonchev–Trinajstić information content (AvgIpc) is 2.67. The number of carbonyl (C=O) groups is 1. The molecule has 0 aliphatic heterocycles. The number of carboxylic acids is 1. The third-order valence-electron chi connectivity index (χ3n) is 2.29. The second-order valence-electron chi connectivity index (χ2n) is 4.31. The lowest BCUT2D eigenvalue weighted by atomic mass is 10.2. The summed E-state index contributed by atoms with van der Waals surface area (Å²) in [6.07, 6.45) is 0.814. The molecule has 0 fully saturated rings. The number of rotatable bonds is 8. The first-order valence-corrected chi connectivity index (χ1v) is 9.12. The summed E-state index contributed by atoms with van der Waals surface area (Å²) < 4.78 is 22.6. The fourth-order valence-electron chi connectivity index (χ4n) is 1.49. The van der Waals surface area contributed by atoms with Crippen LogP contribution in [0, 0.1) is 0 Å². The molecule has 120 valence electrons. The van der Waals surface area contributed by atoms with Crippen molar-refractivity contribution in [1.82, 2.24) is 14.9 Å². The van der Waals surface area contributed by atoms with Gasteiger partial charge in [0.05, 0.1) is 18.3 Å². The molecule has 1 aromatic rings. The average molecular weight is 343 g/mol. The second-order valence-corrected chi connectivity index (χ2v) is 7.57. The molecule has 0 unspecified atom stereocenters. The Kier molecular flexibility index (Phi) is 5.83. The van der Waals surface area contributed by atoms with Gasteiger partial charge in [0.25, 0.3) is 0 Å². The summed E-state index contributed by atoms with van der Waals surface area (Å²) in [5, 5.41) is 11.1. The minimum absolute atomic E-state index is 0.191. The van der Waals surface area contributed by atoms with Crippen LogP contribution >= 0.6 is 15.2 Å². The van der Waals surface area contributed by atoms with Gasteiger partial charge in [-0.15, -0.1) is 0 Å². The van der Waals surface area contributed by atoms with Gasteiger partial charge in [0, 0.05) is 12.6 Å². The van der Waals surface area contributed by atoms with Gasteiger partial charge >= 0.3 is 21.2 Å². The summed E-state index contributed by atoms with van der Waals surface area (Å²) in [4.78, 5) is 49.7. The van der Waals surface area contributed by atoms with Crippen molar-refractivity contribution in [1.29, 1.82) is 0 Å². The summed E-state index contributed by atoms with van der Waals surface area (Å²) in [7, 11) is -8.66. The van der Waals surface area contributed by atoms with Crippen LogP contribution in [0.2, 0.25) is 0 Å². The van der Waals surface area contributed by atoms with Crippen LogP contribution in [0.4, 0.5) is 0 Å². The molecule has 1 heterocycles. The van der Waals surface area contributed by atoms with E-state index in [1.807, 2.05) is 0 Å². The molecule has 0 aromatic carbocycles. The summed E-state index contributed by atoms with van der Waals surface area (Å²) in [5.41, 5.74) is 0.217. The molecule has 0 amide bonds. The summed E-state index contributed by atoms with van der Waals surface area (Å²) in [5.74, 6) is -1.33. The molecule has 0 bridgehead atoms. The normalized spacial score (nSPS) is 14.1. The lowest BCUT2D eigenvalue weighted by Gasteiger charge is -2.13. The van der Waals surface area contributed by atoms with Crippen LogP contribution in [-0.2, 0) is 26.6 Å². The molecule has 6 N–H and O–H groups in total. The standard InChI is InChI=1S/C8H15N3O8P2/c12-8(13)7(10-4-20(14,15)16)1-6-2-11(3-9-6)5-21(17,18)19/h2-3,7,10H,1,4-5H2,(H,12,13)(H2,14,15,16)(H2,17,18,19)/t7-/m0/s1. The van der Waals surface area contributed by atoms with E-state index in [4.69, 9.17) is 24.7 Å². The lowest BCUT2D eigenvalue weighted by Crippen LogP contribution is -2.39. The van der Waals surface area contributed by atoms with Gasteiger partial charge in [0.2, 0.25) is 0 Å². The molecule has 1 atom stereocenters. The number of hydrogen-bond acceptors (Lipinski definition) is 5. The van der Waals surface area contributed by atoms with E-state index in [-0.39, 0.29) is 12.1 Å². The second kappa shape index (κ2) is 6.80. The number of nitrogens with one attached hydrogen (secondary N) is 1. The van der Waals surface area contributed by atoms with E-state index in [0.717, 1.165) is 10.9 Å². The van der Waals surface area contributed by atoms with E-state index in [9.17, 15) is 13.9 Å². The fourth-order valence-corrected chi connectivity index (χ4v) is 2.53. The lowest BCUT2D eigenvalue weighted by molar-refractivity contribution is -0.139. The van der Waals surface area contributed by atoms with Crippen molar-refractivity contribution >= 4 is 21.2 Å². The Balaban J connectivity index is 2.70. The first-order valence-electron chi connectivity index (χ1n) is 5.52. The predicted octanol–water partition coefficient (Wildman–Crippen LogP) is -1.26. The van der Waals surface area contributed by atoms with Gasteiger partial charge in [-0.2, -0.15) is 0 Å². The van der Waals surface area contributed by atoms with Gasteiger partial charge in [-0.05, 0) is 0 Å². The first kappa shape index (κ1) is 18.0. The molecule has 11 nitrogen and oxygen atoms in total. The highest BCUT2D eigenvalue weighted by Gasteiger charge is 2.23. The monoisotopic (exact) mass is 343 g/mol. The molecule has 0 spiro atoms. The van der Waals surface area contributed by atoms with Crippen molar-refractivity contribution in [2.45, 2.75) is 18.7 Å². The van der Waals surface area contributed by atoms with Crippen molar-refractivity contribution in [2.75, 3.05) is 6.29 Å². The molecule has 0 aliphatic carbocycles. The van der Waals surface area contributed by atoms with E-state index in [1.165, 1.54) is 6.20 Å². The zero-order valence-electron chi connectivity index (χ0n) is 10.6. The highest BCUT2D eigenvalue weighted by molar-refractivity contribution is 7.51. The number of carboxylic acid groups (broad SMARTS) is 1. The van der Waals surface area contributed by atoms with E-state index in [2.05, 4.69) is 10.3 Å². The molecule has 13 heteroatoms. The topological polar surface area (TPSA) is 182 Å². The Morgan fingerprint density at radius 1 is 1.29 bits per heavy atom. The maximum Gasteiger partial charge on any atom is 0.345 e. The maximum absolute atomic E-state index is 11.0. The van der Waals surface area contributed by atoms with Crippen molar-refractivity contribution < 1.29 is 38.6 Å². The molecular weight excluding hydrogens is 328 g/mol. The quantitative estimate of drug-likeness (QED) is 0.311. The van der Waals surface area contributed by atoms with Crippen LogP contribution in [0.25, 0.3) is 0 Å². The number of nitrogens with zero attached hydrogens (tertiary/aromatic N) is 2. The van der Waals surface area contributed by atoms with E-state index in [1.54, 1.807) is 0 Å². The molecule has 0 aliphatic rings. The number of imidazole rings is 1. The highest BCUT2D eigenvalue weighted by Crippen LogP contribution is 2.36. The number of aromatic nitrogens is 2. The smallest absolute Gasteiger partial charge is 0.345 e. The molecule has 1 rings (SSSR count). The Morgan fingerprint density at radius 3 is 2.38 bits per heavy atom.